The molecule has 0 aliphatic heterocycles. The molecule has 2 N–H and O–H groups in total. The topological polar surface area (TPSA) is 129 Å². The van der Waals surface area contributed by atoms with Crippen molar-refractivity contribution >= 4 is 17.9 Å². The highest BCUT2D eigenvalue weighted by molar-refractivity contribution is 5.69. The predicted octanol–water partition coefficient (Wildman–Crippen LogP) is 2.53. The fourth-order valence-corrected chi connectivity index (χ4v) is 1.54. The molecule has 138 valence electrons. The summed E-state index contributed by atoms with van der Waals surface area (Å²) in [5, 5.41) is 13.1. The Labute approximate surface area is 144 Å². The first kappa shape index (κ1) is 20.2. The zero-order valence-electron chi connectivity index (χ0n) is 14.4. The molecule has 0 unspecified atom stereocenters. The molecule has 2 amide bonds. The second-order valence-electron chi connectivity index (χ2n) is 6.10. The van der Waals surface area contributed by atoms with Gasteiger partial charge in [0.1, 0.15) is 11.4 Å². The molecule has 0 aliphatic carbocycles. The molecule has 0 fully saturated rings. The van der Waals surface area contributed by atoms with Gasteiger partial charge in [-0.25, -0.2) is 9.59 Å². The van der Waals surface area contributed by atoms with E-state index in [-0.39, 0.29) is 18.0 Å². The Kier molecular flexibility index (Phi) is 7.12. The van der Waals surface area contributed by atoms with Crippen LogP contribution in [0, 0.1) is 10.1 Å². The summed E-state index contributed by atoms with van der Waals surface area (Å²) < 4.78 is 9.94. The smallest absolute Gasteiger partial charge is 0.436 e. The molecule has 0 heterocycles. The van der Waals surface area contributed by atoms with Gasteiger partial charge in [-0.05, 0) is 39.8 Å². The number of carbonyl (C=O) groups is 2. The van der Waals surface area contributed by atoms with Crippen LogP contribution in [0.5, 0.6) is 5.75 Å². The van der Waals surface area contributed by atoms with Crippen LogP contribution in [0.2, 0.25) is 0 Å². The number of nitro groups is 1. The van der Waals surface area contributed by atoms with Crippen LogP contribution in [-0.2, 0) is 9.57 Å². The second-order valence-corrected chi connectivity index (χ2v) is 6.10. The van der Waals surface area contributed by atoms with Crippen LogP contribution in [-0.4, -0.2) is 35.4 Å². The first-order valence-electron chi connectivity index (χ1n) is 7.40. The lowest BCUT2D eigenvalue weighted by atomic mass is 10.2. The van der Waals surface area contributed by atoms with E-state index in [1.807, 2.05) is 5.48 Å². The van der Waals surface area contributed by atoms with Crippen molar-refractivity contribution in [3.8, 4) is 5.75 Å². The lowest BCUT2D eigenvalue weighted by molar-refractivity contribution is -0.384. The molecule has 1 atom stereocenters. The number of hydroxylamine groups is 1. The van der Waals surface area contributed by atoms with Crippen LogP contribution in [0.3, 0.4) is 0 Å². The Bertz CT molecular complexity index is 611. The summed E-state index contributed by atoms with van der Waals surface area (Å²) in [4.78, 5) is 37.9. The number of hydrogen-bond donors (Lipinski definition) is 2. The maximum absolute atomic E-state index is 11.5. The first-order chi connectivity index (χ1) is 11.6. The molecule has 0 saturated heterocycles. The van der Waals surface area contributed by atoms with Gasteiger partial charge in [0.05, 0.1) is 17.6 Å². The molecular weight excluding hydrogens is 334 g/mol. The third kappa shape index (κ3) is 8.51. The molecule has 25 heavy (non-hydrogen) atoms. The van der Waals surface area contributed by atoms with Gasteiger partial charge in [0.2, 0.25) is 0 Å². The lowest BCUT2D eigenvalue weighted by Gasteiger charge is -2.21. The van der Waals surface area contributed by atoms with E-state index in [2.05, 4.69) is 5.32 Å². The molecule has 0 aromatic heterocycles. The minimum atomic E-state index is -0.904. The first-order valence-corrected chi connectivity index (χ1v) is 7.40. The van der Waals surface area contributed by atoms with Crippen LogP contribution in [0.25, 0.3) is 0 Å². The molecule has 1 rings (SSSR count). The highest BCUT2D eigenvalue weighted by Crippen LogP contribution is 2.17. The van der Waals surface area contributed by atoms with Crippen LogP contribution < -0.4 is 15.5 Å². The zero-order valence-corrected chi connectivity index (χ0v) is 14.4. The highest BCUT2D eigenvalue weighted by atomic mass is 16.7. The van der Waals surface area contributed by atoms with Gasteiger partial charge in [-0.15, -0.1) is 0 Å². The van der Waals surface area contributed by atoms with Crippen molar-refractivity contribution in [3.05, 3.63) is 34.4 Å². The van der Waals surface area contributed by atoms with Crippen molar-refractivity contribution in [1.82, 2.24) is 10.8 Å². The molecule has 0 bridgehead atoms. The molecular formula is C15H21N3O7. The largest absolute Gasteiger partial charge is 0.444 e. The Hall–Kier alpha value is -2.88. The van der Waals surface area contributed by atoms with Gasteiger partial charge < -0.3 is 14.8 Å². The summed E-state index contributed by atoms with van der Waals surface area (Å²) >= 11 is 0. The third-order valence-corrected chi connectivity index (χ3v) is 2.51. The monoisotopic (exact) mass is 355 g/mol. The van der Waals surface area contributed by atoms with E-state index in [9.17, 15) is 19.7 Å². The van der Waals surface area contributed by atoms with Gasteiger partial charge in [-0.2, -0.15) is 5.48 Å². The third-order valence-electron chi connectivity index (χ3n) is 2.51. The number of alkyl carbamates (subject to hydrolysis) is 1. The summed E-state index contributed by atoms with van der Waals surface area (Å²) in [7, 11) is 0. The minimum Gasteiger partial charge on any atom is -0.444 e. The number of nitrogens with one attached hydrogen (secondary N) is 2. The van der Waals surface area contributed by atoms with E-state index in [4.69, 9.17) is 14.3 Å². The van der Waals surface area contributed by atoms with Crippen LogP contribution in [0.4, 0.5) is 15.3 Å². The van der Waals surface area contributed by atoms with Crippen molar-refractivity contribution in [3.63, 3.8) is 0 Å². The molecule has 0 saturated carbocycles. The average Bonchev–Trinajstić information content (AvgIpc) is 2.45. The molecule has 0 radical (unpaired) electrons. The zero-order chi connectivity index (χ0) is 19.0. The summed E-state index contributed by atoms with van der Waals surface area (Å²) in [6.45, 7) is 6.86. The Morgan fingerprint density at radius 2 is 1.80 bits per heavy atom. The van der Waals surface area contributed by atoms with Crippen molar-refractivity contribution in [2.75, 3.05) is 6.61 Å². The SMILES string of the molecule is C[C@@H](CONC(=O)Oc1ccc([N+](=O)[O-])cc1)NC(=O)OC(C)(C)C. The van der Waals surface area contributed by atoms with Crippen LogP contribution in [0.1, 0.15) is 27.7 Å². The number of hydrogen-bond acceptors (Lipinski definition) is 7. The van der Waals surface area contributed by atoms with Crippen molar-refractivity contribution in [2.24, 2.45) is 0 Å². The minimum absolute atomic E-state index is 0.0192. The average molecular weight is 355 g/mol. The summed E-state index contributed by atoms with van der Waals surface area (Å²) in [6, 6.07) is 4.55. The highest BCUT2D eigenvalue weighted by Gasteiger charge is 2.18. The molecule has 10 nitrogen and oxygen atoms in total. The molecule has 0 spiro atoms. The fraction of sp³-hybridized carbons (Fsp3) is 0.467. The summed E-state index contributed by atoms with van der Waals surface area (Å²) in [6.07, 6.45) is -1.50. The Morgan fingerprint density at radius 3 is 2.32 bits per heavy atom. The number of nitro benzene ring substituents is 1. The number of amides is 2. The molecule has 10 heteroatoms. The quantitative estimate of drug-likeness (QED) is 0.592. The molecule has 1 aromatic rings. The van der Waals surface area contributed by atoms with E-state index in [0.717, 1.165) is 0 Å². The maximum atomic E-state index is 11.5. The maximum Gasteiger partial charge on any atom is 0.436 e. The summed E-state index contributed by atoms with van der Waals surface area (Å²) in [5.74, 6) is 0.117. The summed E-state index contributed by atoms with van der Waals surface area (Å²) in [5.41, 5.74) is 1.30. The lowest BCUT2D eigenvalue weighted by Crippen LogP contribution is -2.41. The van der Waals surface area contributed by atoms with E-state index < -0.39 is 28.8 Å². The number of nitrogens with zero attached hydrogens (tertiary/aromatic N) is 1. The van der Waals surface area contributed by atoms with Crippen molar-refractivity contribution in [1.29, 1.82) is 0 Å². The molecule has 0 aliphatic rings. The van der Waals surface area contributed by atoms with Crippen LogP contribution >= 0.6 is 0 Å². The molecule has 1 aromatic carbocycles. The van der Waals surface area contributed by atoms with Gasteiger partial charge in [0.15, 0.2) is 0 Å². The van der Waals surface area contributed by atoms with Crippen molar-refractivity contribution < 1.29 is 28.8 Å². The number of carbonyl (C=O) groups excluding carboxylic acids is 2. The van der Waals surface area contributed by atoms with Gasteiger partial charge in [0.25, 0.3) is 5.69 Å². The second kappa shape index (κ2) is 8.83. The van der Waals surface area contributed by atoms with E-state index in [0.29, 0.717) is 0 Å². The van der Waals surface area contributed by atoms with Gasteiger partial charge >= 0.3 is 12.2 Å². The Morgan fingerprint density at radius 1 is 1.20 bits per heavy atom. The number of benzene rings is 1. The van der Waals surface area contributed by atoms with E-state index >= 15 is 0 Å². The van der Waals surface area contributed by atoms with Gasteiger partial charge in [0, 0.05) is 12.1 Å². The van der Waals surface area contributed by atoms with Crippen molar-refractivity contribution in [2.45, 2.75) is 39.3 Å². The normalized spacial score (nSPS) is 12.0. The number of non-ortho nitro benzene ring substituents is 1. The number of ether oxygens (including phenoxy) is 2. The number of rotatable bonds is 6. The van der Waals surface area contributed by atoms with E-state index in [1.54, 1.807) is 27.7 Å². The standard InChI is InChI=1S/C15H21N3O7/c1-10(16-13(19)25-15(2,3)4)9-23-17-14(20)24-12-7-5-11(6-8-12)18(21)22/h5-8,10H,9H2,1-4H3,(H,16,19)(H,17,20)/t10-/m0/s1. The van der Waals surface area contributed by atoms with Crippen LogP contribution in [0.15, 0.2) is 24.3 Å². The Balaban J connectivity index is 2.30. The predicted molar refractivity (Wildman–Crippen MR) is 87.0 cm³/mol. The fourth-order valence-electron chi connectivity index (χ4n) is 1.54. The van der Waals surface area contributed by atoms with Gasteiger partial charge in [-0.3, -0.25) is 15.0 Å². The van der Waals surface area contributed by atoms with E-state index in [1.165, 1.54) is 24.3 Å². The van der Waals surface area contributed by atoms with Gasteiger partial charge in [-0.1, -0.05) is 0 Å².